The van der Waals surface area contributed by atoms with Gasteiger partial charge >= 0.3 is 0 Å². The maximum absolute atomic E-state index is 12.4. The zero-order valence-corrected chi connectivity index (χ0v) is 12.0. The van der Waals surface area contributed by atoms with Crippen LogP contribution in [0.5, 0.6) is 0 Å². The molecule has 2 N–H and O–H groups in total. The lowest BCUT2D eigenvalue weighted by atomic mass is 9.90. The highest BCUT2D eigenvalue weighted by molar-refractivity contribution is 5.86. The molecule has 2 heterocycles. The van der Waals surface area contributed by atoms with Crippen molar-refractivity contribution in [1.29, 1.82) is 0 Å². The van der Waals surface area contributed by atoms with Crippen LogP contribution >= 0.6 is 0 Å². The molecule has 3 rings (SSSR count). The van der Waals surface area contributed by atoms with Crippen LogP contribution in [0, 0.1) is 6.92 Å². The summed E-state index contributed by atoms with van der Waals surface area (Å²) in [6.07, 6.45) is 4.22. The molecule has 1 amide bonds. The van der Waals surface area contributed by atoms with Gasteiger partial charge in [-0.05, 0) is 25.0 Å². The third-order valence-corrected chi connectivity index (χ3v) is 3.68. The minimum Gasteiger partial charge on any atom is -0.385 e. The Bertz CT molecular complexity index is 639. The second-order valence-electron chi connectivity index (χ2n) is 5.22. The Balaban J connectivity index is 1.68. The third kappa shape index (κ3) is 3.02. The molecular weight excluding hydrogens is 264 g/mol. The van der Waals surface area contributed by atoms with E-state index < -0.39 is 0 Å². The summed E-state index contributed by atoms with van der Waals surface area (Å²) in [6.45, 7) is 3.12. The van der Waals surface area contributed by atoms with Gasteiger partial charge < -0.3 is 10.6 Å². The molecule has 2 aromatic rings. The average molecular weight is 282 g/mol. The van der Waals surface area contributed by atoms with Crippen LogP contribution in [-0.4, -0.2) is 22.4 Å². The zero-order valence-electron chi connectivity index (χ0n) is 12.0. The number of anilines is 1. The van der Waals surface area contributed by atoms with Crippen LogP contribution in [0.2, 0.25) is 0 Å². The molecule has 1 atom stereocenters. The Kier molecular flexibility index (Phi) is 3.81. The number of nitrogens with one attached hydrogen (secondary N) is 2. The van der Waals surface area contributed by atoms with Crippen LogP contribution < -0.4 is 10.6 Å². The maximum atomic E-state index is 12.4. The van der Waals surface area contributed by atoms with Crippen molar-refractivity contribution in [2.45, 2.75) is 25.8 Å². The first kappa shape index (κ1) is 13.5. The molecule has 0 fully saturated rings. The monoisotopic (exact) mass is 282 g/mol. The van der Waals surface area contributed by atoms with Gasteiger partial charge in [0.15, 0.2) is 0 Å². The molecule has 5 heteroatoms. The quantitative estimate of drug-likeness (QED) is 0.903. The number of hydrogen-bond donors (Lipinski definition) is 2. The first-order valence-electron chi connectivity index (χ1n) is 7.12. The van der Waals surface area contributed by atoms with E-state index in [0.29, 0.717) is 6.54 Å². The fraction of sp³-hybridized carbons (Fsp3) is 0.312. The van der Waals surface area contributed by atoms with Crippen molar-refractivity contribution in [2.24, 2.45) is 0 Å². The Morgan fingerprint density at radius 2 is 2.19 bits per heavy atom. The second kappa shape index (κ2) is 5.91. The summed E-state index contributed by atoms with van der Waals surface area (Å²) in [5.41, 5.74) is 3.77. The van der Waals surface area contributed by atoms with Gasteiger partial charge in [0.25, 0.3) is 0 Å². The van der Waals surface area contributed by atoms with Crippen LogP contribution in [0.15, 0.2) is 36.7 Å². The summed E-state index contributed by atoms with van der Waals surface area (Å²) in [7, 11) is 0. The van der Waals surface area contributed by atoms with Gasteiger partial charge in [-0.3, -0.25) is 14.8 Å². The first-order valence-corrected chi connectivity index (χ1v) is 7.12. The molecule has 1 aliphatic heterocycles. The molecule has 0 saturated carbocycles. The van der Waals surface area contributed by atoms with E-state index in [1.165, 1.54) is 0 Å². The molecule has 108 valence electrons. The molecule has 5 nitrogen and oxygen atoms in total. The first-order chi connectivity index (χ1) is 10.2. The number of rotatable bonds is 3. The summed E-state index contributed by atoms with van der Waals surface area (Å²) in [5, 5.41) is 6.28. The van der Waals surface area contributed by atoms with Gasteiger partial charge in [-0.25, -0.2) is 0 Å². The van der Waals surface area contributed by atoms with Crippen molar-refractivity contribution in [3.8, 4) is 0 Å². The second-order valence-corrected chi connectivity index (χ2v) is 5.22. The van der Waals surface area contributed by atoms with Crippen LogP contribution in [0.1, 0.15) is 29.3 Å². The minimum absolute atomic E-state index is 0.0475. The molecule has 0 radical (unpaired) electrons. The van der Waals surface area contributed by atoms with Crippen LogP contribution in [0.3, 0.4) is 0 Å². The summed E-state index contributed by atoms with van der Waals surface area (Å²) in [5.74, 6) is -0.0489. The average Bonchev–Trinajstić information content (AvgIpc) is 2.53. The van der Waals surface area contributed by atoms with E-state index in [9.17, 15) is 4.79 Å². The molecule has 1 aliphatic rings. The third-order valence-electron chi connectivity index (χ3n) is 3.68. The topological polar surface area (TPSA) is 66.9 Å². The highest BCUT2D eigenvalue weighted by atomic mass is 16.1. The number of fused-ring (bicyclic) bond motifs is 1. The minimum atomic E-state index is -0.0964. The Morgan fingerprint density at radius 3 is 3.00 bits per heavy atom. The van der Waals surface area contributed by atoms with Crippen molar-refractivity contribution in [3.05, 3.63) is 53.6 Å². The van der Waals surface area contributed by atoms with Gasteiger partial charge in [0.2, 0.25) is 5.91 Å². The molecule has 21 heavy (non-hydrogen) atoms. The van der Waals surface area contributed by atoms with E-state index in [4.69, 9.17) is 0 Å². The van der Waals surface area contributed by atoms with E-state index in [1.807, 2.05) is 31.2 Å². The predicted molar refractivity (Wildman–Crippen MR) is 80.9 cm³/mol. The molecule has 1 aromatic heterocycles. The van der Waals surface area contributed by atoms with Gasteiger partial charge in [0, 0.05) is 18.4 Å². The normalized spacial score (nSPS) is 16.7. The summed E-state index contributed by atoms with van der Waals surface area (Å²) >= 11 is 0. The molecule has 1 unspecified atom stereocenters. The lowest BCUT2D eigenvalue weighted by Gasteiger charge is -2.25. The highest BCUT2D eigenvalue weighted by Gasteiger charge is 2.25. The van der Waals surface area contributed by atoms with Crippen LogP contribution in [0.25, 0.3) is 0 Å². The summed E-state index contributed by atoms with van der Waals surface area (Å²) in [4.78, 5) is 20.8. The maximum Gasteiger partial charge on any atom is 0.228 e. The molecule has 1 aromatic carbocycles. The molecule has 0 spiro atoms. The number of carbonyl (C=O) groups is 1. The lowest BCUT2D eigenvalue weighted by molar-refractivity contribution is -0.122. The van der Waals surface area contributed by atoms with E-state index in [2.05, 4.69) is 20.6 Å². The SMILES string of the molecule is Cc1cnc(CNC(=O)C2CCNc3ccccc32)cn1. The molecular formula is C16H18N4O. The van der Waals surface area contributed by atoms with Crippen molar-refractivity contribution >= 4 is 11.6 Å². The van der Waals surface area contributed by atoms with Crippen LogP contribution in [0.4, 0.5) is 5.69 Å². The van der Waals surface area contributed by atoms with E-state index in [-0.39, 0.29) is 11.8 Å². The number of aryl methyl sites for hydroxylation is 1. The molecule has 0 aliphatic carbocycles. The number of benzene rings is 1. The van der Waals surface area contributed by atoms with Gasteiger partial charge in [0.1, 0.15) is 0 Å². The van der Waals surface area contributed by atoms with Gasteiger partial charge in [-0.2, -0.15) is 0 Å². The van der Waals surface area contributed by atoms with Gasteiger partial charge in [-0.15, -0.1) is 0 Å². The van der Waals surface area contributed by atoms with E-state index in [0.717, 1.165) is 35.6 Å². The number of para-hydroxylation sites is 1. The Hall–Kier alpha value is -2.43. The number of amides is 1. The molecule has 0 saturated heterocycles. The van der Waals surface area contributed by atoms with Crippen molar-refractivity contribution in [2.75, 3.05) is 11.9 Å². The van der Waals surface area contributed by atoms with Crippen molar-refractivity contribution in [1.82, 2.24) is 15.3 Å². The Morgan fingerprint density at radius 1 is 1.33 bits per heavy atom. The smallest absolute Gasteiger partial charge is 0.228 e. The fourth-order valence-corrected chi connectivity index (χ4v) is 2.55. The number of carbonyl (C=O) groups excluding carboxylic acids is 1. The standard InChI is InChI=1S/C16H18N4O/c1-11-8-19-12(9-18-11)10-20-16(21)14-6-7-17-15-5-3-2-4-13(14)15/h2-5,8-9,14,17H,6-7,10H2,1H3,(H,20,21). The van der Waals surface area contributed by atoms with Crippen molar-refractivity contribution < 1.29 is 4.79 Å². The van der Waals surface area contributed by atoms with Gasteiger partial charge in [-0.1, -0.05) is 18.2 Å². The largest absolute Gasteiger partial charge is 0.385 e. The highest BCUT2D eigenvalue weighted by Crippen LogP contribution is 2.31. The summed E-state index contributed by atoms with van der Waals surface area (Å²) in [6, 6.07) is 7.98. The molecule has 0 bridgehead atoms. The van der Waals surface area contributed by atoms with Crippen molar-refractivity contribution in [3.63, 3.8) is 0 Å². The zero-order chi connectivity index (χ0) is 14.7. The number of aromatic nitrogens is 2. The fourth-order valence-electron chi connectivity index (χ4n) is 2.55. The number of nitrogens with zero attached hydrogens (tertiary/aromatic N) is 2. The van der Waals surface area contributed by atoms with Gasteiger partial charge in [0.05, 0.1) is 30.0 Å². The predicted octanol–water partition coefficient (Wildman–Crippen LogP) is 2.00. The summed E-state index contributed by atoms with van der Waals surface area (Å²) < 4.78 is 0. The number of hydrogen-bond acceptors (Lipinski definition) is 4. The van der Waals surface area contributed by atoms with Crippen LogP contribution in [-0.2, 0) is 11.3 Å². The lowest BCUT2D eigenvalue weighted by Crippen LogP contribution is -2.32. The van der Waals surface area contributed by atoms with E-state index in [1.54, 1.807) is 12.4 Å². The van der Waals surface area contributed by atoms with E-state index >= 15 is 0 Å². The Labute approximate surface area is 123 Å².